The van der Waals surface area contributed by atoms with Crippen LogP contribution in [0.1, 0.15) is 5.56 Å². The second-order valence-corrected chi connectivity index (χ2v) is 6.78. The lowest BCUT2D eigenvalue weighted by atomic mass is 10.1. The van der Waals surface area contributed by atoms with Gasteiger partial charge in [-0.15, -0.1) is 0 Å². The third kappa shape index (κ3) is 3.54. The molecule has 7 nitrogen and oxygen atoms in total. The summed E-state index contributed by atoms with van der Waals surface area (Å²) in [4.78, 5) is 39.1. The molecule has 0 aliphatic heterocycles. The number of benzene rings is 2. The summed E-state index contributed by atoms with van der Waals surface area (Å²) in [6, 6.07) is 11.3. The van der Waals surface area contributed by atoms with Crippen LogP contribution >= 0.6 is 22.6 Å². The van der Waals surface area contributed by atoms with E-state index in [9.17, 15) is 19.5 Å². The van der Waals surface area contributed by atoms with E-state index < -0.39 is 28.5 Å². The van der Waals surface area contributed by atoms with Gasteiger partial charge >= 0.3 is 6.03 Å². The number of aromatic amines is 1. The predicted octanol–water partition coefficient (Wildman–Crippen LogP) is 3.15. The first-order valence-electron chi connectivity index (χ1n) is 7.59. The average molecular weight is 463 g/mol. The molecule has 3 aromatic rings. The summed E-state index contributed by atoms with van der Waals surface area (Å²) >= 11 is 1.99. The largest absolute Gasteiger partial charge is 0.505 e. The van der Waals surface area contributed by atoms with Gasteiger partial charge in [0.15, 0.2) is 5.75 Å². The molecule has 0 aliphatic carbocycles. The van der Waals surface area contributed by atoms with Crippen molar-refractivity contribution < 1.29 is 9.90 Å². The standard InChI is InChI=1S/C18H14IN3O4/c1-9-7-11(19)13-12(8-9)21-17(25)16(24)14(15(13)23)22-18(26)20-10-5-3-2-4-6-10/h2-8H,1H3,(H4,20,21,22,23,24,25,26). The number of carbonyl (C=O) groups is 1. The number of rotatable bonds is 2. The van der Waals surface area contributed by atoms with E-state index in [2.05, 4.69) is 15.6 Å². The number of para-hydroxylation sites is 1. The minimum absolute atomic E-state index is 0.283. The highest BCUT2D eigenvalue weighted by molar-refractivity contribution is 14.1. The van der Waals surface area contributed by atoms with Crippen molar-refractivity contribution in [2.45, 2.75) is 6.92 Å². The number of halogens is 1. The molecule has 0 spiro atoms. The summed E-state index contributed by atoms with van der Waals surface area (Å²) in [5.74, 6) is -0.462. The lowest BCUT2D eigenvalue weighted by Gasteiger charge is -2.08. The van der Waals surface area contributed by atoms with Gasteiger partial charge in [0.25, 0.3) is 11.0 Å². The van der Waals surface area contributed by atoms with Gasteiger partial charge in [-0.1, -0.05) is 18.2 Å². The van der Waals surface area contributed by atoms with Crippen molar-refractivity contribution in [2.24, 2.45) is 0 Å². The molecule has 1 heterocycles. The van der Waals surface area contributed by atoms with Gasteiger partial charge in [0.1, 0.15) is 5.69 Å². The Bertz CT molecular complexity index is 1130. The molecule has 2 amide bonds. The summed E-state index contributed by atoms with van der Waals surface area (Å²) in [6.07, 6.45) is 0. The van der Waals surface area contributed by atoms with Crippen molar-refractivity contribution in [2.75, 3.05) is 10.6 Å². The van der Waals surface area contributed by atoms with Crippen LogP contribution in [0, 0.1) is 10.5 Å². The highest BCUT2D eigenvalue weighted by atomic mass is 127. The van der Waals surface area contributed by atoms with Gasteiger partial charge in [0.05, 0.1) is 10.9 Å². The van der Waals surface area contributed by atoms with E-state index in [1.807, 2.05) is 29.5 Å². The molecule has 0 atom stereocenters. The SMILES string of the molecule is Cc1cc(I)c2c(O)c(NC(=O)Nc3ccccc3)c(=O)c(=O)[nH]c2c1. The van der Waals surface area contributed by atoms with Crippen LogP contribution in [0.3, 0.4) is 0 Å². The minimum atomic E-state index is -1.03. The summed E-state index contributed by atoms with van der Waals surface area (Å²) in [7, 11) is 0. The first kappa shape index (κ1) is 17.9. The summed E-state index contributed by atoms with van der Waals surface area (Å²) in [5.41, 5.74) is -0.780. The molecule has 132 valence electrons. The number of anilines is 2. The summed E-state index contributed by atoms with van der Waals surface area (Å²) in [5, 5.41) is 15.7. The van der Waals surface area contributed by atoms with Crippen molar-refractivity contribution in [3.05, 3.63) is 72.2 Å². The number of aryl methyl sites for hydroxylation is 1. The number of urea groups is 1. The first-order valence-corrected chi connectivity index (χ1v) is 8.67. The number of aromatic hydroxyl groups is 1. The quantitative estimate of drug-likeness (QED) is 0.346. The number of carbonyl (C=O) groups excluding carboxylic acids is 1. The molecule has 0 fully saturated rings. The van der Waals surface area contributed by atoms with Crippen LogP contribution in [0.15, 0.2) is 52.1 Å². The second-order valence-electron chi connectivity index (χ2n) is 5.62. The van der Waals surface area contributed by atoms with Crippen LogP contribution in [0.5, 0.6) is 5.75 Å². The monoisotopic (exact) mass is 463 g/mol. The highest BCUT2D eigenvalue weighted by Crippen LogP contribution is 2.31. The van der Waals surface area contributed by atoms with Crippen LogP contribution in [0.4, 0.5) is 16.2 Å². The zero-order chi connectivity index (χ0) is 18.8. The Hall–Kier alpha value is -2.88. The third-order valence-corrected chi connectivity index (χ3v) is 4.51. The van der Waals surface area contributed by atoms with Crippen LogP contribution in [-0.4, -0.2) is 16.1 Å². The number of fused-ring (bicyclic) bond motifs is 1. The zero-order valence-corrected chi connectivity index (χ0v) is 15.7. The van der Waals surface area contributed by atoms with Gasteiger partial charge in [-0.25, -0.2) is 4.79 Å². The van der Waals surface area contributed by atoms with Gasteiger partial charge in [0.2, 0.25) is 0 Å². The second kappa shape index (κ2) is 7.16. The first-order chi connectivity index (χ1) is 12.4. The van der Waals surface area contributed by atoms with E-state index >= 15 is 0 Å². The Balaban J connectivity index is 2.13. The third-order valence-electron chi connectivity index (χ3n) is 3.66. The Morgan fingerprint density at radius 3 is 2.50 bits per heavy atom. The molecule has 0 aliphatic rings. The smallest absolute Gasteiger partial charge is 0.323 e. The number of H-pyrrole nitrogens is 1. The lowest BCUT2D eigenvalue weighted by Crippen LogP contribution is -2.30. The molecule has 1 aromatic heterocycles. The Morgan fingerprint density at radius 2 is 1.81 bits per heavy atom. The Labute approximate surface area is 161 Å². The molecule has 26 heavy (non-hydrogen) atoms. The summed E-state index contributed by atoms with van der Waals surface area (Å²) < 4.78 is 0.632. The molecular formula is C18H14IN3O4. The maximum Gasteiger partial charge on any atom is 0.323 e. The lowest BCUT2D eigenvalue weighted by molar-refractivity contribution is 0.262. The van der Waals surface area contributed by atoms with E-state index in [1.165, 1.54) is 0 Å². The van der Waals surface area contributed by atoms with Gasteiger partial charge < -0.3 is 20.7 Å². The van der Waals surface area contributed by atoms with Crippen LogP contribution in [-0.2, 0) is 0 Å². The fourth-order valence-electron chi connectivity index (χ4n) is 2.52. The predicted molar refractivity (Wildman–Crippen MR) is 109 cm³/mol. The van der Waals surface area contributed by atoms with Gasteiger partial charge in [0, 0.05) is 9.26 Å². The molecule has 4 N–H and O–H groups in total. The molecule has 0 saturated carbocycles. The minimum Gasteiger partial charge on any atom is -0.505 e. The number of hydrogen-bond acceptors (Lipinski definition) is 4. The molecule has 0 bridgehead atoms. The molecule has 0 radical (unpaired) electrons. The van der Waals surface area contributed by atoms with Crippen molar-refractivity contribution in [1.82, 2.24) is 4.98 Å². The number of aromatic nitrogens is 1. The molecule has 0 saturated heterocycles. The average Bonchev–Trinajstić information content (AvgIpc) is 2.66. The van der Waals surface area contributed by atoms with E-state index in [-0.39, 0.29) is 5.39 Å². The normalized spacial score (nSPS) is 10.5. The molecule has 3 rings (SSSR count). The van der Waals surface area contributed by atoms with Crippen molar-refractivity contribution >= 4 is 50.9 Å². The topological polar surface area (TPSA) is 111 Å². The van der Waals surface area contributed by atoms with E-state index in [0.717, 1.165) is 5.56 Å². The molecule has 8 heteroatoms. The molecule has 0 unspecified atom stereocenters. The molecule has 2 aromatic carbocycles. The van der Waals surface area contributed by atoms with Crippen LogP contribution in [0.25, 0.3) is 10.9 Å². The zero-order valence-electron chi connectivity index (χ0n) is 13.6. The maximum absolute atomic E-state index is 12.3. The fourth-order valence-corrected chi connectivity index (χ4v) is 3.56. The van der Waals surface area contributed by atoms with E-state index in [0.29, 0.717) is 14.8 Å². The van der Waals surface area contributed by atoms with Crippen molar-refractivity contribution in [1.29, 1.82) is 0 Å². The Kier molecular flexibility index (Phi) is 4.94. The van der Waals surface area contributed by atoms with Gasteiger partial charge in [-0.05, 0) is 59.3 Å². The van der Waals surface area contributed by atoms with Gasteiger partial charge in [-0.3, -0.25) is 9.59 Å². The molecular weight excluding hydrogens is 449 g/mol. The van der Waals surface area contributed by atoms with Gasteiger partial charge in [-0.2, -0.15) is 0 Å². The highest BCUT2D eigenvalue weighted by Gasteiger charge is 2.17. The van der Waals surface area contributed by atoms with Crippen molar-refractivity contribution in [3.63, 3.8) is 0 Å². The number of nitrogens with one attached hydrogen (secondary N) is 3. The van der Waals surface area contributed by atoms with E-state index in [1.54, 1.807) is 42.5 Å². The Morgan fingerprint density at radius 1 is 1.12 bits per heavy atom. The number of amides is 2. The van der Waals surface area contributed by atoms with E-state index in [4.69, 9.17) is 0 Å². The maximum atomic E-state index is 12.3. The summed E-state index contributed by atoms with van der Waals surface area (Å²) in [6.45, 7) is 1.83. The fraction of sp³-hybridized carbons (Fsp3) is 0.0556. The van der Waals surface area contributed by atoms with Crippen molar-refractivity contribution in [3.8, 4) is 5.75 Å². The number of hydrogen-bond donors (Lipinski definition) is 4. The van der Waals surface area contributed by atoms with Crippen LogP contribution in [0.2, 0.25) is 0 Å². The van der Waals surface area contributed by atoms with Crippen LogP contribution < -0.4 is 21.6 Å².